The average Bonchev–Trinajstić information content (AvgIpc) is 3.53. The van der Waals surface area contributed by atoms with Crippen LogP contribution in [0, 0.1) is 17.8 Å². The van der Waals surface area contributed by atoms with Crippen molar-refractivity contribution in [3.05, 3.63) is 229 Å². The summed E-state index contributed by atoms with van der Waals surface area (Å²) in [6.45, 7) is 0.952. The van der Waals surface area contributed by atoms with Crippen LogP contribution in [0.4, 0.5) is 22.7 Å². The zero-order chi connectivity index (χ0) is 36.1. The number of hydrogen-bond acceptors (Lipinski definition) is 2. The fraction of sp³-hybridized carbons (Fsp3) is 0.115. The smallest absolute Gasteiger partial charge is 0.0502 e. The van der Waals surface area contributed by atoms with Crippen LogP contribution in [-0.2, 0) is 0 Å². The van der Waals surface area contributed by atoms with Crippen LogP contribution >= 0.6 is 0 Å². The van der Waals surface area contributed by atoms with E-state index in [2.05, 4.69) is 222 Å². The van der Waals surface area contributed by atoms with Crippen molar-refractivity contribution < 1.29 is 0 Å². The lowest BCUT2D eigenvalue weighted by molar-refractivity contribution is 0.604. The Morgan fingerprint density at radius 3 is 1.80 bits per heavy atom. The van der Waals surface area contributed by atoms with Crippen LogP contribution in [0.5, 0.6) is 0 Å². The maximum Gasteiger partial charge on any atom is 0.0502 e. The van der Waals surface area contributed by atoms with Gasteiger partial charge in [0.25, 0.3) is 0 Å². The van der Waals surface area contributed by atoms with Gasteiger partial charge < -0.3 is 9.80 Å². The normalized spacial score (nSPS) is 19.6. The molecule has 0 radical (unpaired) electrons. The lowest BCUT2D eigenvalue weighted by Gasteiger charge is -2.37. The number of rotatable bonds is 9. The van der Waals surface area contributed by atoms with E-state index >= 15 is 0 Å². The van der Waals surface area contributed by atoms with E-state index in [0.29, 0.717) is 17.8 Å². The second-order valence-electron chi connectivity index (χ2n) is 14.5. The molecule has 9 rings (SSSR count). The Morgan fingerprint density at radius 1 is 0.481 bits per heavy atom. The second-order valence-corrected chi connectivity index (χ2v) is 14.5. The van der Waals surface area contributed by atoms with E-state index in [1.807, 2.05) is 0 Å². The van der Waals surface area contributed by atoms with Gasteiger partial charge in [0.2, 0.25) is 0 Å². The minimum absolute atomic E-state index is 0.311. The molecule has 0 saturated carbocycles. The molecule has 0 aliphatic heterocycles. The quantitative estimate of drug-likeness (QED) is 0.151. The van der Waals surface area contributed by atoms with Crippen molar-refractivity contribution in [2.75, 3.05) is 16.3 Å². The largest absolute Gasteiger partial charge is 0.341 e. The van der Waals surface area contributed by atoms with E-state index < -0.39 is 0 Å². The summed E-state index contributed by atoms with van der Waals surface area (Å²) in [5.74, 6) is 1.17. The van der Waals surface area contributed by atoms with Crippen molar-refractivity contribution in [2.24, 2.45) is 17.8 Å². The van der Waals surface area contributed by atoms with Crippen LogP contribution in [0.15, 0.2) is 229 Å². The van der Waals surface area contributed by atoms with Crippen LogP contribution in [0.2, 0.25) is 0 Å². The predicted octanol–water partition coefficient (Wildman–Crippen LogP) is 13.5. The van der Waals surface area contributed by atoms with E-state index in [1.54, 1.807) is 0 Å². The number of fused-ring (bicyclic) bond motifs is 3. The third-order valence-corrected chi connectivity index (χ3v) is 11.1. The summed E-state index contributed by atoms with van der Waals surface area (Å²) in [6.07, 6.45) is 31.7. The molecule has 2 nitrogen and oxygen atoms in total. The Balaban J connectivity index is 1.00. The Kier molecular flexibility index (Phi) is 9.48. The van der Waals surface area contributed by atoms with Gasteiger partial charge in [0.1, 0.15) is 0 Å². The summed E-state index contributed by atoms with van der Waals surface area (Å²) in [4.78, 5) is 4.88. The minimum Gasteiger partial charge on any atom is -0.341 e. The summed E-state index contributed by atoms with van der Waals surface area (Å²) in [7, 11) is 0. The Bertz CT molecular complexity index is 2350. The number of hydrogen-bond donors (Lipinski definition) is 0. The van der Waals surface area contributed by atoms with Crippen molar-refractivity contribution >= 4 is 22.7 Å². The molecule has 4 aliphatic rings. The van der Waals surface area contributed by atoms with E-state index in [0.717, 1.165) is 30.8 Å². The van der Waals surface area contributed by atoms with Crippen molar-refractivity contribution in [3.8, 4) is 22.3 Å². The Labute approximate surface area is 320 Å². The van der Waals surface area contributed by atoms with Gasteiger partial charge in [0.05, 0.1) is 5.70 Å². The highest BCUT2D eigenvalue weighted by molar-refractivity contribution is 5.78. The van der Waals surface area contributed by atoms with Gasteiger partial charge in [-0.1, -0.05) is 152 Å². The second kappa shape index (κ2) is 15.3. The number of nitrogens with zero attached hydrogens (tertiary/aromatic N) is 2. The monoisotopic (exact) mass is 696 g/mol. The fourth-order valence-electron chi connectivity index (χ4n) is 8.28. The van der Waals surface area contributed by atoms with Crippen LogP contribution in [0.1, 0.15) is 12.8 Å². The summed E-state index contributed by atoms with van der Waals surface area (Å²) >= 11 is 0. The highest BCUT2D eigenvalue weighted by Crippen LogP contribution is 2.45. The lowest BCUT2D eigenvalue weighted by Crippen LogP contribution is -2.27. The molecule has 0 aromatic heterocycles. The number of para-hydroxylation sites is 2. The van der Waals surface area contributed by atoms with E-state index in [-0.39, 0.29) is 0 Å². The molecule has 54 heavy (non-hydrogen) atoms. The topological polar surface area (TPSA) is 6.48 Å². The molecule has 5 aromatic rings. The van der Waals surface area contributed by atoms with Crippen LogP contribution < -0.4 is 9.80 Å². The van der Waals surface area contributed by atoms with Gasteiger partial charge in [-0.05, 0) is 113 Å². The Hall–Kier alpha value is -6.38. The van der Waals surface area contributed by atoms with Crippen molar-refractivity contribution in [2.45, 2.75) is 12.8 Å². The zero-order valence-electron chi connectivity index (χ0n) is 30.5. The number of allylic oxidation sites excluding steroid dienone is 14. The molecule has 5 aromatic carbocycles. The summed E-state index contributed by atoms with van der Waals surface area (Å²) < 4.78 is 0. The maximum atomic E-state index is 2.46. The SMILES string of the molecule is C1=CCCC(CN(c2ccccc2)c2ccc(-c3cccc(-c4ccc(N(C5=C6C=CC=CC6C6C=CC=CC6=C5)c5ccccc5)cc4)c3)cc2)C=C1. The Morgan fingerprint density at radius 2 is 1.07 bits per heavy atom. The summed E-state index contributed by atoms with van der Waals surface area (Å²) in [6, 6.07) is 48.7. The highest BCUT2D eigenvalue weighted by atomic mass is 15.2. The molecule has 0 bridgehead atoms. The maximum absolute atomic E-state index is 2.46. The third kappa shape index (κ3) is 6.91. The molecular weight excluding hydrogens is 653 g/mol. The molecule has 0 N–H and O–H groups in total. The first-order valence-corrected chi connectivity index (χ1v) is 19.3. The van der Waals surface area contributed by atoms with Gasteiger partial charge in [-0.3, -0.25) is 0 Å². The molecule has 262 valence electrons. The van der Waals surface area contributed by atoms with Crippen LogP contribution in [0.3, 0.4) is 0 Å². The first-order valence-electron chi connectivity index (χ1n) is 19.3. The molecule has 0 saturated heterocycles. The first kappa shape index (κ1) is 33.5. The average molecular weight is 697 g/mol. The van der Waals surface area contributed by atoms with E-state index in [9.17, 15) is 0 Å². The van der Waals surface area contributed by atoms with Gasteiger partial charge in [0.15, 0.2) is 0 Å². The molecule has 0 fully saturated rings. The predicted molar refractivity (Wildman–Crippen MR) is 229 cm³/mol. The van der Waals surface area contributed by atoms with Crippen molar-refractivity contribution in [1.29, 1.82) is 0 Å². The van der Waals surface area contributed by atoms with Gasteiger partial charge in [-0.2, -0.15) is 0 Å². The summed E-state index contributed by atoms with van der Waals surface area (Å²) in [5.41, 5.74) is 13.5. The molecule has 3 atom stereocenters. The molecule has 4 aliphatic carbocycles. The molecule has 2 heteroatoms. The summed E-state index contributed by atoms with van der Waals surface area (Å²) in [5, 5.41) is 0. The van der Waals surface area contributed by atoms with Gasteiger partial charge >= 0.3 is 0 Å². The molecule has 0 heterocycles. The fourth-order valence-corrected chi connectivity index (χ4v) is 8.28. The van der Waals surface area contributed by atoms with Crippen molar-refractivity contribution in [3.63, 3.8) is 0 Å². The minimum atomic E-state index is 0.311. The van der Waals surface area contributed by atoms with Crippen LogP contribution in [0.25, 0.3) is 22.3 Å². The van der Waals surface area contributed by atoms with Gasteiger partial charge in [-0.15, -0.1) is 0 Å². The number of benzene rings is 5. The van der Waals surface area contributed by atoms with Gasteiger partial charge in [0, 0.05) is 41.1 Å². The molecular formula is C52H44N2. The number of anilines is 4. The van der Waals surface area contributed by atoms with Crippen LogP contribution in [-0.4, -0.2) is 6.54 Å². The highest BCUT2D eigenvalue weighted by Gasteiger charge is 2.32. The standard InChI is InChI=1S/C52H44N2/c1-2-6-17-39(16-5-1)38-53(45-21-7-3-8-22-45)46-32-28-40(29-33-46)42-19-15-20-43(36-42)41-30-34-48(35-31-41)54(47-23-9-4-10-24-47)52-37-44-18-11-12-25-49(44)50-26-13-14-27-51(50)52/h1-5,7-16,18-37,39,49-50H,6,17,38H2. The van der Waals surface area contributed by atoms with Gasteiger partial charge in [-0.25, -0.2) is 0 Å². The zero-order valence-corrected chi connectivity index (χ0v) is 30.5. The molecule has 0 amide bonds. The van der Waals surface area contributed by atoms with E-state index in [4.69, 9.17) is 0 Å². The lowest BCUT2D eigenvalue weighted by atomic mass is 9.72. The molecule has 0 spiro atoms. The van der Waals surface area contributed by atoms with Crippen molar-refractivity contribution in [1.82, 2.24) is 0 Å². The van der Waals surface area contributed by atoms with E-state index in [1.165, 1.54) is 50.5 Å². The third-order valence-electron chi connectivity index (χ3n) is 11.1. The first-order chi connectivity index (χ1) is 26.8. The molecule has 3 unspecified atom stereocenters.